The van der Waals surface area contributed by atoms with Crippen molar-refractivity contribution in [3.8, 4) is 11.8 Å². The van der Waals surface area contributed by atoms with Crippen molar-refractivity contribution in [2.24, 2.45) is 0 Å². The van der Waals surface area contributed by atoms with Gasteiger partial charge in [0.1, 0.15) is 11.8 Å². The number of carbonyl (C=O) groups excluding carboxylic acids is 2. The summed E-state index contributed by atoms with van der Waals surface area (Å²) in [4.78, 5) is 23.6. The summed E-state index contributed by atoms with van der Waals surface area (Å²) in [5.74, 6) is -0.401. The lowest BCUT2D eigenvalue weighted by atomic mass is 10.2. The number of nitrogens with one attached hydrogen (secondary N) is 2. The fourth-order valence-electron chi connectivity index (χ4n) is 2.05. The summed E-state index contributed by atoms with van der Waals surface area (Å²) in [6, 6.07) is 17.6. The van der Waals surface area contributed by atoms with Crippen LogP contribution in [0.2, 0.25) is 0 Å². The molecule has 0 fully saturated rings. The summed E-state index contributed by atoms with van der Waals surface area (Å²) in [7, 11) is 0. The van der Waals surface area contributed by atoms with Crippen LogP contribution in [-0.4, -0.2) is 25.1 Å². The fraction of sp³-hybridized carbons (Fsp3) is 0.150. The molecule has 0 aromatic heterocycles. The molecule has 2 N–H and O–H groups in total. The Labute approximate surface area is 157 Å². The Balaban J connectivity index is 1.93. The molecule has 0 spiro atoms. The molecule has 0 saturated carbocycles. The number of nitriles is 1. The number of carbonyl (C=O) groups is 2. The van der Waals surface area contributed by atoms with Crippen LogP contribution in [0.5, 0.6) is 5.75 Å². The molecule has 0 atom stereocenters. The first kappa shape index (κ1) is 19.5. The maximum absolute atomic E-state index is 12.0. The molecule has 7 heteroatoms. The molecule has 0 bridgehead atoms. The number of hydrogen-bond acceptors (Lipinski definition) is 6. The minimum absolute atomic E-state index is 0.122. The summed E-state index contributed by atoms with van der Waals surface area (Å²) in [6.45, 7) is 1.72. The zero-order valence-corrected chi connectivity index (χ0v) is 14.8. The molecule has 2 rings (SSSR count). The zero-order chi connectivity index (χ0) is 19.5. The summed E-state index contributed by atoms with van der Waals surface area (Å²) >= 11 is 0. The van der Waals surface area contributed by atoms with Gasteiger partial charge in [-0.05, 0) is 37.3 Å². The SMILES string of the molecule is CCOC(=O)/C(C#N)=C\Nc1cccc(NC(=O)COc2ccccc2)c1. The summed E-state index contributed by atoms with van der Waals surface area (Å²) < 4.78 is 10.2. The number of benzene rings is 2. The highest BCUT2D eigenvalue weighted by molar-refractivity contribution is 5.93. The molecule has 27 heavy (non-hydrogen) atoms. The van der Waals surface area contributed by atoms with Gasteiger partial charge in [0.15, 0.2) is 12.2 Å². The normalized spacial score (nSPS) is 10.4. The first-order chi connectivity index (χ1) is 13.1. The lowest BCUT2D eigenvalue weighted by Crippen LogP contribution is -2.20. The first-order valence-corrected chi connectivity index (χ1v) is 8.24. The van der Waals surface area contributed by atoms with Gasteiger partial charge in [-0.1, -0.05) is 24.3 Å². The molecular weight excluding hydrogens is 346 g/mol. The fourth-order valence-corrected chi connectivity index (χ4v) is 2.05. The van der Waals surface area contributed by atoms with Crippen LogP contribution >= 0.6 is 0 Å². The number of nitrogens with zero attached hydrogens (tertiary/aromatic N) is 1. The molecule has 1 amide bonds. The monoisotopic (exact) mass is 365 g/mol. The van der Waals surface area contributed by atoms with Crippen molar-refractivity contribution in [2.75, 3.05) is 23.8 Å². The molecule has 0 aliphatic heterocycles. The number of ether oxygens (including phenoxy) is 2. The maximum atomic E-state index is 12.0. The Kier molecular flexibility index (Phi) is 7.42. The van der Waals surface area contributed by atoms with E-state index in [4.69, 9.17) is 14.7 Å². The van der Waals surface area contributed by atoms with Crippen molar-refractivity contribution in [3.63, 3.8) is 0 Å². The highest BCUT2D eigenvalue weighted by Gasteiger charge is 2.09. The van der Waals surface area contributed by atoms with Crippen molar-refractivity contribution in [1.82, 2.24) is 0 Å². The topological polar surface area (TPSA) is 100 Å². The number of amides is 1. The van der Waals surface area contributed by atoms with Gasteiger partial charge in [-0.25, -0.2) is 4.79 Å². The molecule has 7 nitrogen and oxygen atoms in total. The van der Waals surface area contributed by atoms with Gasteiger partial charge in [0.05, 0.1) is 6.61 Å². The molecule has 0 unspecified atom stereocenters. The standard InChI is InChI=1S/C20H19N3O4/c1-2-26-20(25)15(12-21)13-22-16-7-6-8-17(11-16)23-19(24)14-27-18-9-4-3-5-10-18/h3-11,13,22H,2,14H2,1H3,(H,23,24)/b15-13-. The van der Waals surface area contributed by atoms with E-state index in [1.54, 1.807) is 49.4 Å². The van der Waals surface area contributed by atoms with E-state index in [1.165, 1.54) is 6.20 Å². The Morgan fingerprint density at radius 3 is 2.56 bits per heavy atom. The van der Waals surface area contributed by atoms with E-state index in [0.29, 0.717) is 17.1 Å². The van der Waals surface area contributed by atoms with E-state index in [0.717, 1.165) is 0 Å². The average molecular weight is 365 g/mol. The van der Waals surface area contributed by atoms with Crippen LogP contribution in [0.15, 0.2) is 66.4 Å². The molecule has 0 radical (unpaired) electrons. The average Bonchev–Trinajstić information content (AvgIpc) is 2.68. The van der Waals surface area contributed by atoms with Crippen LogP contribution in [0.3, 0.4) is 0 Å². The second kappa shape index (κ2) is 10.3. The molecule has 138 valence electrons. The van der Waals surface area contributed by atoms with Gasteiger partial charge in [0.25, 0.3) is 5.91 Å². The van der Waals surface area contributed by atoms with Crippen LogP contribution < -0.4 is 15.4 Å². The highest BCUT2D eigenvalue weighted by atomic mass is 16.5. The van der Waals surface area contributed by atoms with Crippen LogP contribution in [-0.2, 0) is 14.3 Å². The quantitative estimate of drug-likeness (QED) is 0.424. The Hall–Kier alpha value is -3.79. The molecule has 2 aromatic rings. The summed E-state index contributed by atoms with van der Waals surface area (Å²) in [5.41, 5.74) is 0.987. The number of hydrogen-bond donors (Lipinski definition) is 2. The molecule has 2 aromatic carbocycles. The van der Waals surface area contributed by atoms with Crippen LogP contribution in [0.1, 0.15) is 6.92 Å². The number of esters is 1. The van der Waals surface area contributed by atoms with Gasteiger partial charge < -0.3 is 20.1 Å². The maximum Gasteiger partial charge on any atom is 0.350 e. The molecule has 0 aliphatic carbocycles. The highest BCUT2D eigenvalue weighted by Crippen LogP contribution is 2.16. The van der Waals surface area contributed by atoms with Crippen molar-refractivity contribution in [1.29, 1.82) is 5.26 Å². The van der Waals surface area contributed by atoms with Gasteiger partial charge >= 0.3 is 5.97 Å². The Morgan fingerprint density at radius 1 is 1.11 bits per heavy atom. The molecule has 0 heterocycles. The molecular formula is C20H19N3O4. The minimum Gasteiger partial charge on any atom is -0.484 e. The van der Waals surface area contributed by atoms with Gasteiger partial charge in [-0.15, -0.1) is 0 Å². The van der Waals surface area contributed by atoms with E-state index in [1.807, 2.05) is 18.2 Å². The van der Waals surface area contributed by atoms with E-state index in [2.05, 4.69) is 10.6 Å². The first-order valence-electron chi connectivity index (χ1n) is 8.24. The van der Waals surface area contributed by atoms with Crippen molar-refractivity contribution < 1.29 is 19.1 Å². The number of anilines is 2. The van der Waals surface area contributed by atoms with E-state index < -0.39 is 5.97 Å². The van der Waals surface area contributed by atoms with Gasteiger partial charge in [0, 0.05) is 17.6 Å². The number of para-hydroxylation sites is 1. The Morgan fingerprint density at radius 2 is 1.85 bits per heavy atom. The third kappa shape index (κ3) is 6.55. The predicted molar refractivity (Wildman–Crippen MR) is 101 cm³/mol. The van der Waals surface area contributed by atoms with Crippen LogP contribution in [0.25, 0.3) is 0 Å². The van der Waals surface area contributed by atoms with E-state index >= 15 is 0 Å². The van der Waals surface area contributed by atoms with E-state index in [-0.39, 0.29) is 24.7 Å². The van der Waals surface area contributed by atoms with E-state index in [9.17, 15) is 9.59 Å². The van der Waals surface area contributed by atoms with Crippen molar-refractivity contribution in [2.45, 2.75) is 6.92 Å². The van der Waals surface area contributed by atoms with Crippen molar-refractivity contribution >= 4 is 23.3 Å². The third-order valence-corrected chi connectivity index (χ3v) is 3.26. The lowest BCUT2D eigenvalue weighted by molar-refractivity contribution is -0.138. The predicted octanol–water partition coefficient (Wildman–Crippen LogP) is 3.09. The van der Waals surface area contributed by atoms with Crippen molar-refractivity contribution in [3.05, 3.63) is 66.4 Å². The Bertz CT molecular complexity index is 857. The third-order valence-electron chi connectivity index (χ3n) is 3.26. The second-order valence-electron chi connectivity index (χ2n) is 5.27. The lowest BCUT2D eigenvalue weighted by Gasteiger charge is -2.09. The van der Waals surface area contributed by atoms with Crippen LogP contribution in [0, 0.1) is 11.3 Å². The summed E-state index contributed by atoms with van der Waals surface area (Å²) in [5, 5.41) is 14.6. The van der Waals surface area contributed by atoms with Gasteiger partial charge in [0.2, 0.25) is 0 Å². The smallest absolute Gasteiger partial charge is 0.350 e. The largest absolute Gasteiger partial charge is 0.484 e. The minimum atomic E-state index is -0.699. The van der Waals surface area contributed by atoms with Gasteiger partial charge in [-0.2, -0.15) is 5.26 Å². The van der Waals surface area contributed by atoms with Crippen LogP contribution in [0.4, 0.5) is 11.4 Å². The van der Waals surface area contributed by atoms with Gasteiger partial charge in [-0.3, -0.25) is 4.79 Å². The second-order valence-corrected chi connectivity index (χ2v) is 5.27. The summed E-state index contributed by atoms with van der Waals surface area (Å²) in [6.07, 6.45) is 1.26. The molecule has 0 aliphatic rings. The zero-order valence-electron chi connectivity index (χ0n) is 14.8. The number of rotatable bonds is 8. The molecule has 0 saturated heterocycles.